The Balaban J connectivity index is 2.47. The number of hydrogen-bond acceptors (Lipinski definition) is 4. The van der Waals surface area contributed by atoms with Gasteiger partial charge in [0.05, 0.1) is 7.11 Å². The molecule has 0 amide bonds. The van der Waals surface area contributed by atoms with E-state index in [1.165, 1.54) is 6.07 Å². The number of nitrogens with zero attached hydrogens (tertiary/aromatic N) is 1. The maximum Gasteiger partial charge on any atom is 0.358 e. The first kappa shape index (κ1) is 13.1. The lowest BCUT2D eigenvalue weighted by molar-refractivity contribution is 0.0686. The lowest BCUT2D eigenvalue weighted by Crippen LogP contribution is -1.94. The van der Waals surface area contributed by atoms with Gasteiger partial charge in [-0.1, -0.05) is 19.0 Å². The Kier molecular flexibility index (Phi) is 3.55. The summed E-state index contributed by atoms with van der Waals surface area (Å²) >= 11 is 0. The van der Waals surface area contributed by atoms with Crippen LogP contribution in [0.15, 0.2) is 28.8 Å². The van der Waals surface area contributed by atoms with Crippen LogP contribution in [0.3, 0.4) is 0 Å². The van der Waals surface area contributed by atoms with E-state index in [4.69, 9.17) is 14.4 Å². The second kappa shape index (κ2) is 5.14. The molecule has 0 saturated heterocycles. The molecule has 0 bridgehead atoms. The van der Waals surface area contributed by atoms with Crippen molar-refractivity contribution < 1.29 is 19.2 Å². The van der Waals surface area contributed by atoms with Crippen LogP contribution in [0, 0.1) is 0 Å². The number of methoxy groups -OCH3 is 1. The molecule has 0 atom stereocenters. The average Bonchev–Trinajstić information content (AvgIpc) is 2.87. The van der Waals surface area contributed by atoms with E-state index in [9.17, 15) is 4.79 Å². The lowest BCUT2D eigenvalue weighted by atomic mass is 9.99. The van der Waals surface area contributed by atoms with Gasteiger partial charge in [-0.15, -0.1) is 0 Å². The highest BCUT2D eigenvalue weighted by molar-refractivity contribution is 5.86. The number of aromatic carboxylic acids is 1. The molecule has 1 N–H and O–H groups in total. The van der Waals surface area contributed by atoms with Crippen molar-refractivity contribution in [2.45, 2.75) is 19.8 Å². The van der Waals surface area contributed by atoms with Crippen LogP contribution in [0.1, 0.15) is 35.8 Å². The normalized spacial score (nSPS) is 10.7. The molecule has 2 aromatic rings. The number of hydrogen-bond donors (Lipinski definition) is 1. The minimum Gasteiger partial charge on any atom is -0.497 e. The molecular weight excluding hydrogens is 246 g/mol. The molecular formula is C14H15NO4. The van der Waals surface area contributed by atoms with E-state index in [0.29, 0.717) is 17.4 Å². The van der Waals surface area contributed by atoms with Crippen LogP contribution in [-0.2, 0) is 0 Å². The number of benzene rings is 1. The van der Waals surface area contributed by atoms with Crippen LogP contribution in [-0.4, -0.2) is 23.3 Å². The van der Waals surface area contributed by atoms with Crippen molar-refractivity contribution in [1.82, 2.24) is 5.16 Å². The Hall–Kier alpha value is -2.30. The number of carboxylic acids is 1. The molecule has 1 aromatic heterocycles. The largest absolute Gasteiger partial charge is 0.497 e. The summed E-state index contributed by atoms with van der Waals surface area (Å²) in [6, 6.07) is 7.08. The molecule has 2 rings (SSSR count). The fraction of sp³-hybridized carbons (Fsp3) is 0.286. The van der Waals surface area contributed by atoms with Crippen molar-refractivity contribution in [3.8, 4) is 17.1 Å². The van der Waals surface area contributed by atoms with Crippen molar-refractivity contribution in [1.29, 1.82) is 0 Å². The highest BCUT2D eigenvalue weighted by Crippen LogP contribution is 2.29. The van der Waals surface area contributed by atoms with Gasteiger partial charge in [0.1, 0.15) is 5.75 Å². The van der Waals surface area contributed by atoms with Gasteiger partial charge < -0.3 is 14.4 Å². The number of ether oxygens (including phenoxy) is 1. The Morgan fingerprint density at radius 1 is 1.32 bits per heavy atom. The smallest absolute Gasteiger partial charge is 0.358 e. The Labute approximate surface area is 110 Å². The molecule has 5 nitrogen and oxygen atoms in total. The molecule has 0 aliphatic rings. The summed E-state index contributed by atoms with van der Waals surface area (Å²) in [4.78, 5) is 10.8. The average molecular weight is 261 g/mol. The van der Waals surface area contributed by atoms with Crippen LogP contribution >= 0.6 is 0 Å². The molecule has 0 radical (unpaired) electrons. The van der Waals surface area contributed by atoms with E-state index in [0.717, 1.165) is 11.1 Å². The quantitative estimate of drug-likeness (QED) is 0.915. The van der Waals surface area contributed by atoms with Crippen LogP contribution < -0.4 is 4.74 Å². The fourth-order valence-corrected chi connectivity index (χ4v) is 1.73. The number of rotatable bonds is 4. The van der Waals surface area contributed by atoms with Gasteiger partial charge in [0.15, 0.2) is 11.5 Å². The zero-order chi connectivity index (χ0) is 14.0. The fourth-order valence-electron chi connectivity index (χ4n) is 1.73. The highest BCUT2D eigenvalue weighted by Gasteiger charge is 2.14. The molecule has 0 fully saturated rings. The van der Waals surface area contributed by atoms with Crippen LogP contribution in [0.25, 0.3) is 11.3 Å². The molecule has 5 heteroatoms. The Morgan fingerprint density at radius 3 is 2.58 bits per heavy atom. The summed E-state index contributed by atoms with van der Waals surface area (Å²) in [6.45, 7) is 4.14. The first-order chi connectivity index (χ1) is 9.01. The second-order valence-corrected chi connectivity index (χ2v) is 4.53. The van der Waals surface area contributed by atoms with Crippen molar-refractivity contribution in [2.24, 2.45) is 0 Å². The van der Waals surface area contributed by atoms with E-state index < -0.39 is 5.97 Å². The molecule has 1 aromatic carbocycles. The van der Waals surface area contributed by atoms with Gasteiger partial charge in [-0.05, 0) is 29.7 Å². The zero-order valence-electron chi connectivity index (χ0n) is 11.0. The third-order valence-corrected chi connectivity index (χ3v) is 2.85. The summed E-state index contributed by atoms with van der Waals surface area (Å²) in [5.74, 6) is 0.338. The first-order valence-corrected chi connectivity index (χ1v) is 5.90. The molecule has 0 saturated carbocycles. The summed E-state index contributed by atoms with van der Waals surface area (Å²) in [7, 11) is 1.59. The van der Waals surface area contributed by atoms with Gasteiger partial charge in [0, 0.05) is 11.6 Å². The second-order valence-electron chi connectivity index (χ2n) is 4.53. The minimum atomic E-state index is -1.11. The molecule has 0 unspecified atom stereocenters. The van der Waals surface area contributed by atoms with E-state index in [2.05, 4.69) is 19.0 Å². The predicted molar refractivity (Wildman–Crippen MR) is 69.5 cm³/mol. The maximum atomic E-state index is 10.8. The topological polar surface area (TPSA) is 72.6 Å². The van der Waals surface area contributed by atoms with Crippen LogP contribution in [0.5, 0.6) is 5.75 Å². The van der Waals surface area contributed by atoms with Crippen LogP contribution in [0.2, 0.25) is 0 Å². The molecule has 19 heavy (non-hydrogen) atoms. The Bertz CT molecular complexity index is 601. The van der Waals surface area contributed by atoms with Crippen LogP contribution in [0.4, 0.5) is 0 Å². The third-order valence-electron chi connectivity index (χ3n) is 2.85. The standard InChI is InChI=1S/C14H15NO4/c1-8(2)9-4-10(6-11(5-9)18-3)13-7-12(14(16)17)15-19-13/h4-8H,1-3H3,(H,16,17). The zero-order valence-corrected chi connectivity index (χ0v) is 11.0. The van der Waals surface area contributed by atoms with Crippen molar-refractivity contribution >= 4 is 5.97 Å². The summed E-state index contributed by atoms with van der Waals surface area (Å²) in [5, 5.41) is 12.3. The van der Waals surface area contributed by atoms with E-state index in [-0.39, 0.29) is 5.69 Å². The lowest BCUT2D eigenvalue weighted by Gasteiger charge is -2.09. The highest BCUT2D eigenvalue weighted by atomic mass is 16.5. The maximum absolute atomic E-state index is 10.8. The van der Waals surface area contributed by atoms with Gasteiger partial charge in [0.2, 0.25) is 0 Å². The Morgan fingerprint density at radius 2 is 2.05 bits per heavy atom. The monoisotopic (exact) mass is 261 g/mol. The SMILES string of the molecule is COc1cc(-c2cc(C(=O)O)no2)cc(C(C)C)c1. The first-order valence-electron chi connectivity index (χ1n) is 5.90. The van der Waals surface area contributed by atoms with Crippen molar-refractivity contribution in [3.63, 3.8) is 0 Å². The molecule has 1 heterocycles. The molecule has 0 aliphatic heterocycles. The molecule has 0 spiro atoms. The molecule has 100 valence electrons. The predicted octanol–water partition coefficient (Wildman–Crippen LogP) is 3.17. The van der Waals surface area contributed by atoms with Gasteiger partial charge in [0.25, 0.3) is 0 Å². The number of carbonyl (C=O) groups is 1. The van der Waals surface area contributed by atoms with Crippen molar-refractivity contribution in [3.05, 3.63) is 35.5 Å². The number of aromatic nitrogens is 1. The number of carboxylic acid groups (broad SMARTS) is 1. The van der Waals surface area contributed by atoms with E-state index >= 15 is 0 Å². The molecule has 0 aliphatic carbocycles. The van der Waals surface area contributed by atoms with Gasteiger partial charge >= 0.3 is 5.97 Å². The van der Waals surface area contributed by atoms with E-state index in [1.54, 1.807) is 13.2 Å². The van der Waals surface area contributed by atoms with Gasteiger partial charge in [-0.2, -0.15) is 0 Å². The minimum absolute atomic E-state index is 0.107. The van der Waals surface area contributed by atoms with Gasteiger partial charge in [-0.3, -0.25) is 0 Å². The summed E-state index contributed by atoms with van der Waals surface area (Å²) < 4.78 is 10.3. The van der Waals surface area contributed by atoms with Gasteiger partial charge in [-0.25, -0.2) is 4.79 Å². The van der Waals surface area contributed by atoms with E-state index in [1.807, 2.05) is 12.1 Å². The summed E-state index contributed by atoms with van der Waals surface area (Å²) in [5.41, 5.74) is 1.73. The third kappa shape index (κ3) is 2.76. The summed E-state index contributed by atoms with van der Waals surface area (Å²) in [6.07, 6.45) is 0. The van der Waals surface area contributed by atoms with Crippen molar-refractivity contribution in [2.75, 3.05) is 7.11 Å².